The fraction of sp³-hybridized carbons (Fsp3) is 0.364. The Labute approximate surface area is 105 Å². The molecule has 0 aliphatic heterocycles. The Morgan fingerprint density at radius 2 is 1.94 bits per heavy atom. The number of carbonyl (C=O) groups excluding carboxylic acids is 1. The van der Waals surface area contributed by atoms with Gasteiger partial charge in [-0.05, 0) is 31.2 Å². The van der Waals surface area contributed by atoms with E-state index in [0.29, 0.717) is 31.1 Å². The van der Waals surface area contributed by atoms with Crippen LogP contribution in [0.15, 0.2) is 24.3 Å². The van der Waals surface area contributed by atoms with Gasteiger partial charge in [-0.25, -0.2) is 4.79 Å². The van der Waals surface area contributed by atoms with E-state index in [4.69, 9.17) is 15.2 Å². The molecule has 16 heavy (non-hydrogen) atoms. The number of ether oxygens (including phenoxy) is 2. The average Bonchev–Trinajstić information content (AvgIpc) is 2.27. The number of benzene rings is 1. The highest BCUT2D eigenvalue weighted by Gasteiger charge is 2.05. The van der Waals surface area contributed by atoms with Crippen LogP contribution in [-0.2, 0) is 4.74 Å². The summed E-state index contributed by atoms with van der Waals surface area (Å²) in [6.07, 6.45) is 0. The van der Waals surface area contributed by atoms with Crippen LogP contribution in [-0.4, -0.2) is 25.7 Å². The van der Waals surface area contributed by atoms with E-state index in [0.717, 1.165) is 0 Å². The third-order valence-corrected chi connectivity index (χ3v) is 1.75. The first-order valence-electron chi connectivity index (χ1n) is 4.88. The summed E-state index contributed by atoms with van der Waals surface area (Å²) in [7, 11) is 0. The first-order chi connectivity index (χ1) is 7.27. The molecule has 0 aliphatic carbocycles. The number of halogens is 1. The molecule has 0 amide bonds. The van der Waals surface area contributed by atoms with E-state index in [2.05, 4.69) is 0 Å². The van der Waals surface area contributed by atoms with Gasteiger partial charge in [-0.2, -0.15) is 0 Å². The Kier molecular flexibility index (Phi) is 7.58. The lowest BCUT2D eigenvalue weighted by Gasteiger charge is -2.05. The standard InChI is InChI=1S/C11H15NO3.BrH/c1-2-14-11(13)9-3-5-10(6-4-9)15-8-7-12;/h3-6H,2,7-8,12H2,1H3;1H. The summed E-state index contributed by atoms with van der Waals surface area (Å²) in [5.74, 6) is 0.386. The molecule has 4 nitrogen and oxygen atoms in total. The van der Waals surface area contributed by atoms with E-state index in [9.17, 15) is 4.79 Å². The molecule has 0 saturated carbocycles. The number of nitrogens with two attached hydrogens (primary N) is 1. The molecule has 0 spiro atoms. The lowest BCUT2D eigenvalue weighted by Crippen LogP contribution is -2.10. The number of hydrogen-bond donors (Lipinski definition) is 1. The van der Waals surface area contributed by atoms with Crippen LogP contribution in [0, 0.1) is 0 Å². The van der Waals surface area contributed by atoms with Gasteiger partial charge >= 0.3 is 5.97 Å². The number of carbonyl (C=O) groups is 1. The van der Waals surface area contributed by atoms with Crippen molar-refractivity contribution in [3.8, 4) is 5.75 Å². The third-order valence-electron chi connectivity index (χ3n) is 1.75. The Morgan fingerprint density at radius 1 is 1.31 bits per heavy atom. The maximum atomic E-state index is 11.3. The summed E-state index contributed by atoms with van der Waals surface area (Å²) in [5.41, 5.74) is 5.82. The Morgan fingerprint density at radius 3 is 2.44 bits per heavy atom. The molecule has 0 saturated heterocycles. The highest BCUT2D eigenvalue weighted by molar-refractivity contribution is 8.93. The average molecular weight is 290 g/mol. The van der Waals surface area contributed by atoms with Crippen LogP contribution in [0.4, 0.5) is 0 Å². The van der Waals surface area contributed by atoms with Gasteiger partial charge in [0, 0.05) is 6.54 Å². The molecule has 2 N–H and O–H groups in total. The lowest BCUT2D eigenvalue weighted by molar-refractivity contribution is 0.0526. The molecule has 0 unspecified atom stereocenters. The fourth-order valence-electron chi connectivity index (χ4n) is 1.08. The smallest absolute Gasteiger partial charge is 0.338 e. The van der Waals surface area contributed by atoms with Gasteiger partial charge in [0.1, 0.15) is 12.4 Å². The van der Waals surface area contributed by atoms with Gasteiger partial charge in [-0.15, -0.1) is 17.0 Å². The van der Waals surface area contributed by atoms with E-state index in [1.54, 1.807) is 31.2 Å². The Balaban J connectivity index is 0.00000225. The first kappa shape index (κ1) is 14.9. The van der Waals surface area contributed by atoms with Gasteiger partial charge in [0.15, 0.2) is 0 Å². The largest absolute Gasteiger partial charge is 0.492 e. The zero-order valence-electron chi connectivity index (χ0n) is 9.14. The third kappa shape index (κ3) is 4.63. The zero-order chi connectivity index (χ0) is 11.1. The Hall–Kier alpha value is -1.07. The van der Waals surface area contributed by atoms with Crippen molar-refractivity contribution in [2.75, 3.05) is 19.8 Å². The lowest BCUT2D eigenvalue weighted by atomic mass is 10.2. The minimum absolute atomic E-state index is 0. The highest BCUT2D eigenvalue weighted by Crippen LogP contribution is 2.12. The van der Waals surface area contributed by atoms with E-state index in [1.165, 1.54) is 0 Å². The summed E-state index contributed by atoms with van der Waals surface area (Å²) >= 11 is 0. The van der Waals surface area contributed by atoms with Crippen molar-refractivity contribution in [3.05, 3.63) is 29.8 Å². The maximum absolute atomic E-state index is 11.3. The summed E-state index contributed by atoms with van der Waals surface area (Å²) in [6.45, 7) is 3.10. The molecule has 0 aliphatic rings. The second kappa shape index (κ2) is 8.13. The van der Waals surface area contributed by atoms with Crippen molar-refractivity contribution in [1.82, 2.24) is 0 Å². The van der Waals surface area contributed by atoms with Crippen molar-refractivity contribution in [2.45, 2.75) is 6.92 Å². The molecule has 0 bridgehead atoms. The molecule has 1 aromatic rings. The van der Waals surface area contributed by atoms with Crippen molar-refractivity contribution >= 4 is 23.0 Å². The van der Waals surface area contributed by atoms with Crippen LogP contribution < -0.4 is 10.5 Å². The number of rotatable bonds is 5. The van der Waals surface area contributed by atoms with E-state index in [1.807, 2.05) is 0 Å². The van der Waals surface area contributed by atoms with Crippen molar-refractivity contribution in [3.63, 3.8) is 0 Å². The highest BCUT2D eigenvalue weighted by atomic mass is 79.9. The first-order valence-corrected chi connectivity index (χ1v) is 4.88. The number of esters is 1. The van der Waals surface area contributed by atoms with Gasteiger partial charge in [-0.3, -0.25) is 0 Å². The molecule has 0 heterocycles. The minimum atomic E-state index is -0.317. The van der Waals surface area contributed by atoms with Crippen LogP contribution in [0.2, 0.25) is 0 Å². The molecule has 5 heteroatoms. The molecule has 1 aromatic carbocycles. The zero-order valence-corrected chi connectivity index (χ0v) is 10.9. The SMILES string of the molecule is Br.CCOC(=O)c1ccc(OCCN)cc1. The van der Waals surface area contributed by atoms with E-state index >= 15 is 0 Å². The molecule has 0 atom stereocenters. The van der Waals surface area contributed by atoms with Crippen LogP contribution >= 0.6 is 17.0 Å². The van der Waals surface area contributed by atoms with Crippen LogP contribution in [0.3, 0.4) is 0 Å². The van der Waals surface area contributed by atoms with Crippen molar-refractivity contribution in [2.24, 2.45) is 5.73 Å². The van der Waals surface area contributed by atoms with Gasteiger partial charge in [-0.1, -0.05) is 0 Å². The summed E-state index contributed by atoms with van der Waals surface area (Å²) in [5, 5.41) is 0. The molecule has 90 valence electrons. The summed E-state index contributed by atoms with van der Waals surface area (Å²) in [4.78, 5) is 11.3. The molecular formula is C11H16BrNO3. The van der Waals surface area contributed by atoms with Crippen molar-refractivity contribution in [1.29, 1.82) is 0 Å². The second-order valence-electron chi connectivity index (χ2n) is 2.88. The predicted octanol–water partition coefficient (Wildman–Crippen LogP) is 1.78. The van der Waals surface area contributed by atoms with Crippen molar-refractivity contribution < 1.29 is 14.3 Å². The van der Waals surface area contributed by atoms with Crippen LogP contribution in [0.5, 0.6) is 5.75 Å². The molecule has 0 aromatic heterocycles. The molecule has 1 rings (SSSR count). The quantitative estimate of drug-likeness (QED) is 0.840. The van der Waals surface area contributed by atoms with Gasteiger partial charge in [0.05, 0.1) is 12.2 Å². The predicted molar refractivity (Wildman–Crippen MR) is 67.3 cm³/mol. The molecular weight excluding hydrogens is 274 g/mol. The van der Waals surface area contributed by atoms with E-state index in [-0.39, 0.29) is 23.0 Å². The normalized spacial score (nSPS) is 9.12. The number of hydrogen-bond acceptors (Lipinski definition) is 4. The summed E-state index contributed by atoms with van der Waals surface area (Å²) in [6, 6.07) is 6.79. The van der Waals surface area contributed by atoms with Gasteiger partial charge in [0.2, 0.25) is 0 Å². The topological polar surface area (TPSA) is 61.5 Å². The molecule has 0 radical (unpaired) electrons. The molecule has 0 fully saturated rings. The van der Waals surface area contributed by atoms with Gasteiger partial charge in [0.25, 0.3) is 0 Å². The maximum Gasteiger partial charge on any atom is 0.338 e. The monoisotopic (exact) mass is 289 g/mol. The van der Waals surface area contributed by atoms with E-state index < -0.39 is 0 Å². The van der Waals surface area contributed by atoms with Crippen LogP contribution in [0.1, 0.15) is 17.3 Å². The van der Waals surface area contributed by atoms with Crippen LogP contribution in [0.25, 0.3) is 0 Å². The minimum Gasteiger partial charge on any atom is -0.492 e. The summed E-state index contributed by atoms with van der Waals surface area (Å²) < 4.78 is 10.1. The Bertz CT molecular complexity index is 314. The second-order valence-corrected chi connectivity index (χ2v) is 2.88. The fourth-order valence-corrected chi connectivity index (χ4v) is 1.08. The van der Waals surface area contributed by atoms with Gasteiger partial charge < -0.3 is 15.2 Å².